The third kappa shape index (κ3) is 10.1. The van der Waals surface area contributed by atoms with Crippen LogP contribution >= 0.6 is 22.7 Å². The summed E-state index contributed by atoms with van der Waals surface area (Å²) in [5, 5.41) is 9.91. The number of rotatable bonds is 15. The van der Waals surface area contributed by atoms with Crippen molar-refractivity contribution >= 4 is 63.7 Å². The monoisotopic (exact) mass is 801 g/mol. The molecule has 15 heteroatoms. The van der Waals surface area contributed by atoms with Gasteiger partial charge in [-0.2, -0.15) is 4.99 Å². The molecule has 6 rings (SSSR count). The van der Waals surface area contributed by atoms with E-state index in [-0.39, 0.29) is 24.7 Å². The molecule has 0 aliphatic carbocycles. The zero-order chi connectivity index (χ0) is 39.1. The minimum absolute atomic E-state index is 0.162. The zero-order valence-corrected chi connectivity index (χ0v) is 35.2. The number of esters is 1. The number of para-hydroxylation sites is 1. The Labute approximate surface area is 330 Å². The third-order valence-corrected chi connectivity index (χ3v) is 12.8. The van der Waals surface area contributed by atoms with Gasteiger partial charge >= 0.3 is 5.97 Å². The second-order valence-corrected chi connectivity index (χ2v) is 22.4. The molecule has 0 radical (unpaired) electrons. The van der Waals surface area contributed by atoms with Gasteiger partial charge in [0.05, 0.1) is 30.0 Å². The fourth-order valence-electron chi connectivity index (χ4n) is 5.92. The van der Waals surface area contributed by atoms with Crippen molar-refractivity contribution in [1.29, 1.82) is 0 Å². The van der Waals surface area contributed by atoms with Crippen LogP contribution in [0, 0.1) is 24.6 Å². The first-order chi connectivity index (χ1) is 26.4. The predicted molar refractivity (Wildman–Crippen MR) is 220 cm³/mol. The molecule has 55 heavy (non-hydrogen) atoms. The van der Waals surface area contributed by atoms with E-state index < -0.39 is 19.9 Å². The Kier molecular flexibility index (Phi) is 13.2. The molecule has 2 aromatic carbocycles. The average molecular weight is 802 g/mol. The molecule has 0 N–H and O–H groups in total. The van der Waals surface area contributed by atoms with Crippen molar-refractivity contribution in [3.63, 3.8) is 0 Å². The second kappa shape index (κ2) is 18.0. The lowest BCUT2D eigenvalue weighted by molar-refractivity contribution is 0.0519. The SMILES string of the molecule is CCOC(=O)c1nc(N2CCc3c2nnc(/N=c2\sc4ccccc4n2COCC[Si](C)(C)C)c3C)sc1CCCOc1ccc(C#CCN(C)C)cc1F. The largest absolute Gasteiger partial charge is 0.491 e. The van der Waals surface area contributed by atoms with E-state index in [0.717, 1.165) is 43.5 Å². The number of carbonyl (C=O) groups excluding carboxylic acids is 1. The molecule has 0 saturated carbocycles. The maximum absolute atomic E-state index is 14.8. The highest BCUT2D eigenvalue weighted by Crippen LogP contribution is 2.39. The average Bonchev–Trinajstić information content (AvgIpc) is 3.85. The molecule has 11 nitrogen and oxygen atoms in total. The summed E-state index contributed by atoms with van der Waals surface area (Å²) >= 11 is 3.03. The van der Waals surface area contributed by atoms with Crippen LogP contribution in [0.2, 0.25) is 25.7 Å². The molecular weight excluding hydrogens is 754 g/mol. The number of ether oxygens (including phenoxy) is 3. The molecular formula is C40H48FN7O4S2Si. The first-order valence-electron chi connectivity index (χ1n) is 18.5. The summed E-state index contributed by atoms with van der Waals surface area (Å²) in [4.78, 5) is 28.4. The van der Waals surface area contributed by atoms with E-state index in [0.29, 0.717) is 61.6 Å². The van der Waals surface area contributed by atoms with Crippen LogP contribution in [-0.4, -0.2) is 85.7 Å². The lowest BCUT2D eigenvalue weighted by atomic mass is 10.1. The summed E-state index contributed by atoms with van der Waals surface area (Å²) in [5.41, 5.74) is 3.95. The molecule has 0 saturated heterocycles. The molecule has 3 aromatic heterocycles. The van der Waals surface area contributed by atoms with Gasteiger partial charge in [0.15, 0.2) is 38.8 Å². The van der Waals surface area contributed by atoms with Crippen LogP contribution in [0.25, 0.3) is 10.2 Å². The van der Waals surface area contributed by atoms with Crippen LogP contribution in [0.15, 0.2) is 47.5 Å². The number of hydrogen-bond acceptors (Lipinski definition) is 12. The molecule has 0 amide bonds. The Morgan fingerprint density at radius 1 is 1.11 bits per heavy atom. The van der Waals surface area contributed by atoms with Crippen LogP contribution in [0.3, 0.4) is 0 Å². The number of benzene rings is 2. The summed E-state index contributed by atoms with van der Waals surface area (Å²) in [5.74, 6) is 6.47. The summed E-state index contributed by atoms with van der Waals surface area (Å²) in [6.45, 7) is 13.7. The van der Waals surface area contributed by atoms with E-state index in [9.17, 15) is 9.18 Å². The van der Waals surface area contributed by atoms with Crippen molar-refractivity contribution in [2.45, 2.75) is 65.5 Å². The van der Waals surface area contributed by atoms with Gasteiger partial charge in [-0.25, -0.2) is 14.2 Å². The molecule has 1 aliphatic heterocycles. The van der Waals surface area contributed by atoms with Gasteiger partial charge in [-0.1, -0.05) is 55.0 Å². The molecule has 4 heterocycles. The number of halogens is 1. The van der Waals surface area contributed by atoms with Crippen molar-refractivity contribution in [3.8, 4) is 17.6 Å². The fourth-order valence-corrected chi connectivity index (χ4v) is 8.81. The van der Waals surface area contributed by atoms with Crippen molar-refractivity contribution in [2.75, 3.05) is 51.9 Å². The van der Waals surface area contributed by atoms with Gasteiger partial charge in [-0.05, 0) is 83.6 Å². The highest BCUT2D eigenvalue weighted by Gasteiger charge is 2.30. The Balaban J connectivity index is 1.18. The standard InChI is InChI=1S/C40H48FN7O4S2Si/c1-8-51-38(49)35-34(16-12-22-52-32-18-17-28(25-30(32)41)13-11-20-46(3)4)54-39(42-35)47-21-19-29-27(2)36(44-45-37(29)47)43-40-48(26-50-23-24-55(5,6)7)31-14-9-10-15-33(31)53-40/h9-10,14-15,17-18,25H,8,12,16,19-24,26H2,1-7H3/b43-40-. The summed E-state index contributed by atoms with van der Waals surface area (Å²) < 4.78 is 35.3. The Morgan fingerprint density at radius 2 is 1.93 bits per heavy atom. The molecule has 0 fully saturated rings. The molecule has 5 aromatic rings. The topological polar surface area (TPSA) is 107 Å². The number of aromatic nitrogens is 4. The normalized spacial score (nSPS) is 13.0. The fraction of sp³-hybridized carbons (Fsp3) is 0.425. The van der Waals surface area contributed by atoms with E-state index in [2.05, 4.69) is 58.4 Å². The Bertz CT molecular complexity index is 2290. The predicted octanol–water partition coefficient (Wildman–Crippen LogP) is 7.74. The second-order valence-electron chi connectivity index (χ2n) is 14.7. The van der Waals surface area contributed by atoms with Crippen molar-refractivity contribution in [3.05, 3.63) is 80.3 Å². The Morgan fingerprint density at radius 3 is 2.69 bits per heavy atom. The first kappa shape index (κ1) is 40.2. The van der Waals surface area contributed by atoms with E-state index >= 15 is 0 Å². The first-order valence-corrected chi connectivity index (χ1v) is 23.8. The summed E-state index contributed by atoms with van der Waals surface area (Å²) in [7, 11) is 2.64. The van der Waals surface area contributed by atoms with Crippen LogP contribution in [0.4, 0.5) is 21.2 Å². The number of anilines is 2. The smallest absolute Gasteiger partial charge is 0.358 e. The van der Waals surface area contributed by atoms with Gasteiger partial charge < -0.3 is 19.1 Å². The van der Waals surface area contributed by atoms with E-state index in [1.54, 1.807) is 30.4 Å². The number of thiazole rings is 2. The van der Waals surface area contributed by atoms with Crippen LogP contribution in [0.1, 0.15) is 45.4 Å². The molecule has 290 valence electrons. The number of hydrogen-bond donors (Lipinski definition) is 0. The van der Waals surface area contributed by atoms with Crippen LogP contribution in [0.5, 0.6) is 5.75 Å². The van der Waals surface area contributed by atoms with E-state index in [4.69, 9.17) is 24.2 Å². The van der Waals surface area contributed by atoms with Gasteiger partial charge in [0, 0.05) is 42.8 Å². The number of fused-ring (bicyclic) bond motifs is 2. The molecule has 0 unspecified atom stereocenters. The molecule has 0 spiro atoms. The van der Waals surface area contributed by atoms with Gasteiger partial charge in [0.2, 0.25) is 0 Å². The van der Waals surface area contributed by atoms with Crippen LogP contribution < -0.4 is 14.4 Å². The zero-order valence-electron chi connectivity index (χ0n) is 32.6. The van der Waals surface area contributed by atoms with Gasteiger partial charge in [0.1, 0.15) is 6.73 Å². The number of aryl methyl sites for hydroxylation is 1. The Hall–Kier alpha value is -4.46. The summed E-state index contributed by atoms with van der Waals surface area (Å²) in [6, 6.07) is 14.1. The number of carbonyl (C=O) groups is 1. The highest BCUT2D eigenvalue weighted by molar-refractivity contribution is 7.16. The highest BCUT2D eigenvalue weighted by atomic mass is 32.1. The lowest BCUT2D eigenvalue weighted by Crippen LogP contribution is -2.23. The maximum Gasteiger partial charge on any atom is 0.358 e. The minimum atomic E-state index is -1.22. The third-order valence-electron chi connectivity index (χ3n) is 8.90. The molecule has 0 bridgehead atoms. The van der Waals surface area contributed by atoms with E-state index in [1.807, 2.05) is 43.0 Å². The lowest BCUT2D eigenvalue weighted by Gasteiger charge is -2.16. The number of nitrogens with zero attached hydrogens (tertiary/aromatic N) is 7. The van der Waals surface area contributed by atoms with E-state index in [1.165, 1.54) is 17.4 Å². The van der Waals surface area contributed by atoms with Crippen molar-refractivity contribution in [1.82, 2.24) is 24.6 Å². The van der Waals surface area contributed by atoms with Gasteiger partial charge in [-0.3, -0.25) is 9.47 Å². The van der Waals surface area contributed by atoms with Crippen LogP contribution in [-0.2, 0) is 29.0 Å². The molecule has 0 atom stereocenters. The quantitative estimate of drug-likeness (QED) is 0.0455. The van der Waals surface area contributed by atoms with Gasteiger partial charge in [-0.15, -0.1) is 21.5 Å². The molecule has 1 aliphatic rings. The van der Waals surface area contributed by atoms with Crippen molar-refractivity contribution in [2.24, 2.45) is 4.99 Å². The maximum atomic E-state index is 14.8. The summed E-state index contributed by atoms with van der Waals surface area (Å²) in [6.07, 6.45) is 1.77. The van der Waals surface area contributed by atoms with Gasteiger partial charge in [0.25, 0.3) is 0 Å². The van der Waals surface area contributed by atoms with Crippen molar-refractivity contribution < 1.29 is 23.4 Å². The minimum Gasteiger partial charge on any atom is -0.491 e.